The van der Waals surface area contributed by atoms with Crippen molar-refractivity contribution in [1.29, 1.82) is 0 Å². The molecule has 0 bridgehead atoms. The van der Waals surface area contributed by atoms with E-state index in [1.807, 2.05) is 42.5 Å². The first-order valence-corrected chi connectivity index (χ1v) is 9.99. The number of nitrogens with one attached hydrogen (secondary N) is 1. The van der Waals surface area contributed by atoms with Gasteiger partial charge in [-0.3, -0.25) is 0 Å². The van der Waals surface area contributed by atoms with Crippen LogP contribution in [0.1, 0.15) is 9.88 Å². The van der Waals surface area contributed by atoms with Crippen LogP contribution in [-0.2, 0) is 6.42 Å². The molecule has 1 aliphatic rings. The summed E-state index contributed by atoms with van der Waals surface area (Å²) in [7, 11) is 0. The van der Waals surface area contributed by atoms with Crippen molar-refractivity contribution in [1.82, 2.24) is 4.98 Å². The summed E-state index contributed by atoms with van der Waals surface area (Å²) in [5.74, 6) is 0.843. The second-order valence-electron chi connectivity index (χ2n) is 5.46. The van der Waals surface area contributed by atoms with Crippen LogP contribution < -0.4 is 10.1 Å². The van der Waals surface area contributed by atoms with Crippen molar-refractivity contribution in [3.8, 4) is 17.0 Å². The predicted octanol–water partition coefficient (Wildman–Crippen LogP) is 5.95. The largest absolute Gasteiger partial charge is 0.492 e. The maximum absolute atomic E-state index is 6.20. The van der Waals surface area contributed by atoms with Gasteiger partial charge in [0.1, 0.15) is 10.7 Å². The van der Waals surface area contributed by atoms with Crippen LogP contribution in [0.15, 0.2) is 46.9 Å². The van der Waals surface area contributed by atoms with Gasteiger partial charge in [-0.2, -0.15) is 0 Å². The number of benzene rings is 2. The fourth-order valence-corrected chi connectivity index (χ4v) is 4.39. The molecule has 0 saturated carbocycles. The molecule has 2 heterocycles. The minimum atomic E-state index is 0.575. The highest BCUT2D eigenvalue weighted by molar-refractivity contribution is 9.10. The van der Waals surface area contributed by atoms with Gasteiger partial charge >= 0.3 is 0 Å². The van der Waals surface area contributed by atoms with Crippen LogP contribution in [0.5, 0.6) is 5.75 Å². The van der Waals surface area contributed by atoms with E-state index in [0.717, 1.165) is 38.6 Å². The third kappa shape index (κ3) is 3.44. The highest BCUT2D eigenvalue weighted by Gasteiger charge is 2.22. The molecule has 0 fully saturated rings. The SMILES string of the molecule is S=C(Nc1ccccc1Cl)c1nc2c(s1)CCOc1cc(Br)ccc1-2. The van der Waals surface area contributed by atoms with Crippen molar-refractivity contribution in [2.24, 2.45) is 0 Å². The number of ether oxygens (including phenoxy) is 1. The molecule has 0 saturated heterocycles. The number of aromatic nitrogens is 1. The van der Waals surface area contributed by atoms with Crippen LogP contribution in [-0.4, -0.2) is 16.6 Å². The summed E-state index contributed by atoms with van der Waals surface area (Å²) in [6.07, 6.45) is 0.813. The van der Waals surface area contributed by atoms with E-state index in [1.165, 1.54) is 4.88 Å². The zero-order valence-electron chi connectivity index (χ0n) is 12.9. The van der Waals surface area contributed by atoms with Crippen LogP contribution in [0.25, 0.3) is 11.3 Å². The summed E-state index contributed by atoms with van der Waals surface area (Å²) < 4.78 is 6.84. The maximum Gasteiger partial charge on any atom is 0.151 e. The summed E-state index contributed by atoms with van der Waals surface area (Å²) >= 11 is 16.8. The van der Waals surface area contributed by atoms with E-state index in [2.05, 4.69) is 21.2 Å². The average Bonchev–Trinajstić information content (AvgIpc) is 2.94. The summed E-state index contributed by atoms with van der Waals surface area (Å²) in [5, 5.41) is 4.61. The smallest absolute Gasteiger partial charge is 0.151 e. The molecule has 3 nitrogen and oxygen atoms in total. The minimum Gasteiger partial charge on any atom is -0.492 e. The molecule has 0 radical (unpaired) electrons. The lowest BCUT2D eigenvalue weighted by Crippen LogP contribution is -2.10. The normalized spacial score (nSPS) is 12.6. The molecule has 0 aliphatic carbocycles. The number of para-hydroxylation sites is 1. The van der Waals surface area contributed by atoms with Gasteiger partial charge in [0.2, 0.25) is 0 Å². The van der Waals surface area contributed by atoms with Crippen molar-refractivity contribution in [3.63, 3.8) is 0 Å². The van der Waals surface area contributed by atoms with Gasteiger partial charge in [0, 0.05) is 21.3 Å². The maximum atomic E-state index is 6.20. The molecule has 126 valence electrons. The molecule has 3 aromatic rings. The number of fused-ring (bicyclic) bond motifs is 3. The van der Waals surface area contributed by atoms with Crippen LogP contribution in [0.3, 0.4) is 0 Å². The Labute approximate surface area is 168 Å². The molecule has 0 amide bonds. The first-order chi connectivity index (χ1) is 12.1. The van der Waals surface area contributed by atoms with Crippen molar-refractivity contribution in [2.75, 3.05) is 11.9 Å². The van der Waals surface area contributed by atoms with Gasteiger partial charge in [-0.1, -0.05) is 51.9 Å². The second kappa shape index (κ2) is 7.03. The molecule has 1 aliphatic heterocycles. The number of anilines is 1. The van der Waals surface area contributed by atoms with Gasteiger partial charge in [-0.05, 0) is 30.3 Å². The third-order valence-electron chi connectivity index (χ3n) is 3.80. The third-order valence-corrected chi connectivity index (χ3v) is 6.18. The van der Waals surface area contributed by atoms with Crippen molar-refractivity contribution in [3.05, 3.63) is 61.8 Å². The monoisotopic (exact) mass is 450 g/mol. The zero-order valence-corrected chi connectivity index (χ0v) is 16.9. The van der Waals surface area contributed by atoms with Gasteiger partial charge in [0.25, 0.3) is 0 Å². The Morgan fingerprint density at radius 2 is 2.12 bits per heavy atom. The van der Waals surface area contributed by atoms with Gasteiger partial charge < -0.3 is 10.1 Å². The van der Waals surface area contributed by atoms with E-state index in [0.29, 0.717) is 16.6 Å². The van der Waals surface area contributed by atoms with Crippen LogP contribution >= 0.6 is 51.1 Å². The lowest BCUT2D eigenvalue weighted by molar-refractivity contribution is 0.327. The Bertz CT molecular complexity index is 973. The highest BCUT2D eigenvalue weighted by Crippen LogP contribution is 2.39. The van der Waals surface area contributed by atoms with Crippen LogP contribution in [0.2, 0.25) is 5.02 Å². The van der Waals surface area contributed by atoms with Crippen molar-refractivity contribution < 1.29 is 4.74 Å². The summed E-state index contributed by atoms with van der Waals surface area (Å²) in [5.41, 5.74) is 2.73. The van der Waals surface area contributed by atoms with Gasteiger partial charge in [0.15, 0.2) is 5.01 Å². The summed E-state index contributed by atoms with van der Waals surface area (Å²) in [6, 6.07) is 13.5. The van der Waals surface area contributed by atoms with Crippen molar-refractivity contribution >= 4 is 61.8 Å². The zero-order chi connectivity index (χ0) is 17.4. The number of nitrogens with zero attached hydrogens (tertiary/aromatic N) is 1. The second-order valence-corrected chi connectivity index (χ2v) is 8.28. The van der Waals surface area contributed by atoms with E-state index >= 15 is 0 Å². The molecular weight excluding hydrogens is 440 g/mol. The Kier molecular flexibility index (Phi) is 4.78. The lowest BCUT2D eigenvalue weighted by Gasteiger charge is -2.08. The van der Waals surface area contributed by atoms with E-state index in [4.69, 9.17) is 33.5 Å². The van der Waals surface area contributed by atoms with E-state index in [9.17, 15) is 0 Å². The van der Waals surface area contributed by atoms with Crippen LogP contribution in [0.4, 0.5) is 5.69 Å². The predicted molar refractivity (Wildman–Crippen MR) is 111 cm³/mol. The van der Waals surface area contributed by atoms with Crippen LogP contribution in [0, 0.1) is 0 Å². The number of thiazole rings is 1. The number of halogens is 2. The van der Waals surface area contributed by atoms with Gasteiger partial charge in [-0.15, -0.1) is 11.3 Å². The van der Waals surface area contributed by atoms with E-state index < -0.39 is 0 Å². The number of hydrogen-bond acceptors (Lipinski definition) is 4. The molecule has 7 heteroatoms. The molecule has 2 aromatic carbocycles. The fourth-order valence-electron chi connectivity index (χ4n) is 2.63. The quantitative estimate of drug-likeness (QED) is 0.488. The van der Waals surface area contributed by atoms with Gasteiger partial charge in [-0.25, -0.2) is 4.98 Å². The van der Waals surface area contributed by atoms with Gasteiger partial charge in [0.05, 0.1) is 23.0 Å². The molecule has 25 heavy (non-hydrogen) atoms. The summed E-state index contributed by atoms with van der Waals surface area (Å²) in [4.78, 5) is 6.54. The molecular formula is C18H12BrClN2OS2. The minimum absolute atomic E-state index is 0.575. The first kappa shape index (κ1) is 17.0. The number of rotatable bonds is 2. The first-order valence-electron chi connectivity index (χ1n) is 7.60. The number of thiocarbonyl (C=S) groups is 1. The van der Waals surface area contributed by atoms with Crippen molar-refractivity contribution in [2.45, 2.75) is 6.42 Å². The average molecular weight is 452 g/mol. The molecule has 0 unspecified atom stereocenters. The Morgan fingerprint density at radius 3 is 2.96 bits per heavy atom. The number of hydrogen-bond donors (Lipinski definition) is 1. The molecule has 1 aromatic heterocycles. The Hall–Kier alpha value is -1.47. The topological polar surface area (TPSA) is 34.2 Å². The van der Waals surface area contributed by atoms with E-state index in [-0.39, 0.29) is 0 Å². The lowest BCUT2D eigenvalue weighted by atomic mass is 10.1. The fraction of sp³-hybridized carbons (Fsp3) is 0.111. The Balaban J connectivity index is 1.69. The highest BCUT2D eigenvalue weighted by atomic mass is 79.9. The summed E-state index contributed by atoms with van der Waals surface area (Å²) in [6.45, 7) is 0.628. The molecule has 0 atom stereocenters. The van der Waals surface area contributed by atoms with E-state index in [1.54, 1.807) is 11.3 Å². The molecule has 0 spiro atoms. The Morgan fingerprint density at radius 1 is 1.28 bits per heavy atom. The molecule has 1 N–H and O–H groups in total. The standard InChI is InChI=1S/C18H12BrClN2OS2/c19-10-5-6-11-14(9-10)23-8-7-15-16(11)22-18(25-15)17(24)21-13-4-2-1-3-12(13)20/h1-6,9H,7-8H2,(H,21,24). The molecule has 4 rings (SSSR count).